The second-order valence-electron chi connectivity index (χ2n) is 4.41. The molecule has 0 unspecified atom stereocenters. The van der Waals surface area contributed by atoms with E-state index in [0.717, 1.165) is 44.0 Å². The molecular weight excluding hydrogens is 248 g/mol. The normalized spacial score (nSPS) is 17.3. The van der Waals surface area contributed by atoms with Crippen LogP contribution in [0.25, 0.3) is 0 Å². The Kier molecular flexibility index (Phi) is 5.57. The zero-order valence-electron chi connectivity index (χ0n) is 10.5. The van der Waals surface area contributed by atoms with E-state index in [4.69, 9.17) is 0 Å². The molecule has 0 spiro atoms. The summed E-state index contributed by atoms with van der Waals surface area (Å²) in [6.45, 7) is 5.19. The summed E-state index contributed by atoms with van der Waals surface area (Å²) in [5.41, 5.74) is 0. The van der Waals surface area contributed by atoms with E-state index in [-0.39, 0.29) is 5.91 Å². The van der Waals surface area contributed by atoms with Gasteiger partial charge in [-0.05, 0) is 19.5 Å². The first kappa shape index (κ1) is 13.5. The number of carbonyl (C=O) groups is 1. The van der Waals surface area contributed by atoms with Crippen molar-refractivity contribution in [2.24, 2.45) is 0 Å². The predicted octanol–water partition coefficient (Wildman–Crippen LogP) is 0.0971. The van der Waals surface area contributed by atoms with Crippen molar-refractivity contribution in [3.8, 4) is 0 Å². The largest absolute Gasteiger partial charge is 0.355 e. The number of thiazole rings is 1. The topological polar surface area (TPSA) is 57.3 Å². The van der Waals surface area contributed by atoms with Crippen LogP contribution in [0.2, 0.25) is 0 Å². The van der Waals surface area contributed by atoms with Gasteiger partial charge in [-0.2, -0.15) is 0 Å². The molecule has 18 heavy (non-hydrogen) atoms. The Bertz CT molecular complexity index is 347. The number of nitrogens with zero attached hydrogens (tertiary/aromatic N) is 2. The molecule has 1 aromatic rings. The molecular formula is C12H20N4OS. The molecule has 100 valence electrons. The van der Waals surface area contributed by atoms with Gasteiger partial charge in [-0.1, -0.05) is 0 Å². The smallest absolute Gasteiger partial charge is 0.234 e. The number of hydrogen-bond acceptors (Lipinski definition) is 5. The molecule has 0 radical (unpaired) electrons. The summed E-state index contributed by atoms with van der Waals surface area (Å²) >= 11 is 1.63. The lowest BCUT2D eigenvalue weighted by atomic mass is 10.3. The molecule has 0 atom stereocenters. The van der Waals surface area contributed by atoms with Crippen LogP contribution in [0.15, 0.2) is 11.6 Å². The van der Waals surface area contributed by atoms with Crippen LogP contribution in [0.4, 0.5) is 0 Å². The van der Waals surface area contributed by atoms with Crippen molar-refractivity contribution >= 4 is 17.2 Å². The van der Waals surface area contributed by atoms with Crippen molar-refractivity contribution in [3.63, 3.8) is 0 Å². The number of amides is 1. The molecule has 2 N–H and O–H groups in total. The highest BCUT2D eigenvalue weighted by atomic mass is 32.1. The summed E-state index contributed by atoms with van der Waals surface area (Å²) in [6, 6.07) is 0. The maximum Gasteiger partial charge on any atom is 0.234 e. The Morgan fingerprint density at radius 3 is 3.28 bits per heavy atom. The molecule has 2 heterocycles. The fourth-order valence-corrected chi connectivity index (χ4v) is 2.62. The van der Waals surface area contributed by atoms with Gasteiger partial charge in [-0.15, -0.1) is 11.3 Å². The Labute approximate surface area is 112 Å². The first-order valence-corrected chi connectivity index (χ1v) is 7.31. The zero-order chi connectivity index (χ0) is 12.6. The van der Waals surface area contributed by atoms with Gasteiger partial charge in [0.2, 0.25) is 5.91 Å². The van der Waals surface area contributed by atoms with E-state index < -0.39 is 0 Å². The highest BCUT2D eigenvalue weighted by Gasteiger charge is 2.12. The molecule has 1 aromatic heterocycles. The van der Waals surface area contributed by atoms with Crippen LogP contribution >= 0.6 is 11.3 Å². The fraction of sp³-hybridized carbons (Fsp3) is 0.667. The van der Waals surface area contributed by atoms with Crippen molar-refractivity contribution in [2.45, 2.75) is 12.8 Å². The summed E-state index contributed by atoms with van der Waals surface area (Å²) in [7, 11) is 0. The van der Waals surface area contributed by atoms with Gasteiger partial charge in [0.15, 0.2) is 0 Å². The van der Waals surface area contributed by atoms with Gasteiger partial charge in [0, 0.05) is 37.6 Å². The molecule has 0 saturated carbocycles. The summed E-state index contributed by atoms with van der Waals surface area (Å²) < 4.78 is 0. The highest BCUT2D eigenvalue weighted by Crippen LogP contribution is 2.03. The molecule has 0 bridgehead atoms. The molecule has 1 aliphatic rings. The lowest BCUT2D eigenvalue weighted by Crippen LogP contribution is -2.39. The first-order valence-electron chi connectivity index (χ1n) is 6.43. The summed E-state index contributed by atoms with van der Waals surface area (Å²) in [5, 5.41) is 9.32. The maximum atomic E-state index is 11.8. The van der Waals surface area contributed by atoms with Gasteiger partial charge >= 0.3 is 0 Å². The van der Waals surface area contributed by atoms with E-state index in [2.05, 4.69) is 20.5 Å². The maximum absolute atomic E-state index is 11.8. The molecule has 1 fully saturated rings. The predicted molar refractivity (Wildman–Crippen MR) is 72.8 cm³/mol. The van der Waals surface area contributed by atoms with Gasteiger partial charge in [0.25, 0.3) is 0 Å². The average molecular weight is 268 g/mol. The van der Waals surface area contributed by atoms with Crippen LogP contribution in [-0.4, -0.2) is 55.1 Å². The summed E-state index contributed by atoms with van der Waals surface area (Å²) in [5.74, 6) is 0.119. The lowest BCUT2D eigenvalue weighted by Gasteiger charge is -2.18. The van der Waals surface area contributed by atoms with E-state index in [0.29, 0.717) is 13.1 Å². The Balaban J connectivity index is 1.62. The number of hydrogen-bond donors (Lipinski definition) is 2. The van der Waals surface area contributed by atoms with Crippen molar-refractivity contribution < 1.29 is 4.79 Å². The van der Waals surface area contributed by atoms with E-state index in [1.807, 2.05) is 5.38 Å². The van der Waals surface area contributed by atoms with Crippen LogP contribution in [-0.2, 0) is 11.2 Å². The van der Waals surface area contributed by atoms with Gasteiger partial charge in [-0.25, -0.2) is 4.98 Å². The fourth-order valence-electron chi connectivity index (χ4n) is 2.00. The van der Waals surface area contributed by atoms with Crippen LogP contribution < -0.4 is 10.6 Å². The minimum absolute atomic E-state index is 0.119. The molecule has 1 saturated heterocycles. The van der Waals surface area contributed by atoms with Gasteiger partial charge in [0.05, 0.1) is 11.6 Å². The second kappa shape index (κ2) is 7.45. The van der Waals surface area contributed by atoms with Crippen LogP contribution in [0.5, 0.6) is 0 Å². The van der Waals surface area contributed by atoms with Crippen molar-refractivity contribution in [1.82, 2.24) is 20.5 Å². The molecule has 1 amide bonds. The number of carbonyl (C=O) groups excluding carboxylic acids is 1. The molecule has 5 nitrogen and oxygen atoms in total. The van der Waals surface area contributed by atoms with Gasteiger partial charge < -0.3 is 10.6 Å². The Morgan fingerprint density at radius 1 is 1.50 bits per heavy atom. The lowest BCUT2D eigenvalue weighted by molar-refractivity contribution is -0.122. The molecule has 2 rings (SSSR count). The van der Waals surface area contributed by atoms with E-state index in [1.165, 1.54) is 0 Å². The number of aromatic nitrogens is 1. The highest BCUT2D eigenvalue weighted by molar-refractivity contribution is 7.09. The molecule has 0 aliphatic carbocycles. The zero-order valence-corrected chi connectivity index (χ0v) is 11.3. The minimum Gasteiger partial charge on any atom is -0.355 e. The van der Waals surface area contributed by atoms with Gasteiger partial charge in [-0.3, -0.25) is 9.69 Å². The van der Waals surface area contributed by atoms with Crippen molar-refractivity contribution in [2.75, 3.05) is 39.3 Å². The van der Waals surface area contributed by atoms with Crippen LogP contribution in [0.3, 0.4) is 0 Å². The monoisotopic (exact) mass is 268 g/mol. The van der Waals surface area contributed by atoms with Gasteiger partial charge in [0.1, 0.15) is 0 Å². The third-order valence-corrected chi connectivity index (χ3v) is 3.78. The van der Waals surface area contributed by atoms with E-state index in [1.54, 1.807) is 17.5 Å². The standard InChI is InChI=1S/C12H20N4OS/c17-11(10-16-7-1-3-13-5-8-16)14-4-2-12-15-6-9-18-12/h6,9,13H,1-5,7-8,10H2,(H,14,17). The van der Waals surface area contributed by atoms with Crippen LogP contribution in [0, 0.1) is 0 Å². The third kappa shape index (κ3) is 4.72. The number of nitrogens with one attached hydrogen (secondary N) is 2. The minimum atomic E-state index is 0.119. The number of rotatable bonds is 5. The second-order valence-corrected chi connectivity index (χ2v) is 5.38. The van der Waals surface area contributed by atoms with Crippen molar-refractivity contribution in [1.29, 1.82) is 0 Å². The van der Waals surface area contributed by atoms with Crippen LogP contribution in [0.1, 0.15) is 11.4 Å². The first-order chi connectivity index (χ1) is 8.84. The average Bonchev–Trinajstić information content (AvgIpc) is 2.74. The molecule has 0 aromatic carbocycles. The SMILES string of the molecule is O=C(CN1CCCNCC1)NCCc1nccs1. The van der Waals surface area contributed by atoms with E-state index in [9.17, 15) is 4.79 Å². The Hall–Kier alpha value is -0.980. The van der Waals surface area contributed by atoms with Crippen molar-refractivity contribution in [3.05, 3.63) is 16.6 Å². The quantitative estimate of drug-likeness (QED) is 0.795. The summed E-state index contributed by atoms with van der Waals surface area (Å²) in [6.07, 6.45) is 3.74. The third-order valence-electron chi connectivity index (χ3n) is 2.94. The Morgan fingerprint density at radius 2 is 2.44 bits per heavy atom. The molecule has 1 aliphatic heterocycles. The summed E-state index contributed by atoms with van der Waals surface area (Å²) in [4.78, 5) is 18.2. The van der Waals surface area contributed by atoms with E-state index >= 15 is 0 Å². The molecule has 6 heteroatoms.